The van der Waals surface area contributed by atoms with Gasteiger partial charge in [0.25, 0.3) is 5.91 Å². The van der Waals surface area contributed by atoms with Crippen molar-refractivity contribution in [2.45, 2.75) is 19.3 Å². The lowest BCUT2D eigenvalue weighted by Crippen LogP contribution is -2.39. The van der Waals surface area contributed by atoms with E-state index in [1.165, 1.54) is 24.3 Å². The van der Waals surface area contributed by atoms with Crippen LogP contribution in [0, 0.1) is 11.7 Å². The Morgan fingerprint density at radius 3 is 2.00 bits per heavy atom. The largest absolute Gasteiger partial charge is 0.337 e. The number of carbonyl (C=O) groups excluding carboxylic acids is 3. The Kier molecular flexibility index (Phi) is 6.16. The van der Waals surface area contributed by atoms with Gasteiger partial charge in [0.2, 0.25) is 5.91 Å². The Morgan fingerprint density at radius 2 is 1.35 bits per heavy atom. The van der Waals surface area contributed by atoms with Crippen LogP contribution in [0.5, 0.6) is 0 Å². The van der Waals surface area contributed by atoms with Crippen LogP contribution in [0.2, 0.25) is 0 Å². The fraction of sp³-hybridized carbons (Fsp3) is 0.348. The van der Waals surface area contributed by atoms with Gasteiger partial charge >= 0.3 is 6.03 Å². The second-order valence-corrected chi connectivity index (χ2v) is 7.91. The molecular weight excluding hydrogens is 399 g/mol. The highest BCUT2D eigenvalue weighted by atomic mass is 19.1. The van der Waals surface area contributed by atoms with Crippen molar-refractivity contribution in [3.8, 4) is 0 Å². The van der Waals surface area contributed by atoms with E-state index < -0.39 is 0 Å². The molecule has 0 atom stereocenters. The van der Waals surface area contributed by atoms with Gasteiger partial charge in [-0.15, -0.1) is 0 Å². The average Bonchev–Trinajstić information content (AvgIpc) is 3.62. The molecule has 2 fully saturated rings. The Balaban J connectivity index is 1.29. The topological polar surface area (TPSA) is 81.8 Å². The van der Waals surface area contributed by atoms with Gasteiger partial charge in [-0.25, -0.2) is 9.18 Å². The summed E-state index contributed by atoms with van der Waals surface area (Å²) >= 11 is 0. The van der Waals surface area contributed by atoms with Crippen LogP contribution >= 0.6 is 0 Å². The molecule has 0 radical (unpaired) electrons. The lowest BCUT2D eigenvalue weighted by molar-refractivity contribution is -0.117. The lowest BCUT2D eigenvalue weighted by atomic mass is 10.2. The highest BCUT2D eigenvalue weighted by Gasteiger charge is 2.29. The number of rotatable bonds is 4. The van der Waals surface area contributed by atoms with E-state index in [4.69, 9.17) is 0 Å². The van der Waals surface area contributed by atoms with E-state index in [0.717, 1.165) is 12.8 Å². The molecule has 0 bridgehead atoms. The molecule has 0 unspecified atom stereocenters. The number of halogens is 1. The molecule has 2 N–H and O–H groups in total. The molecule has 1 heterocycles. The summed E-state index contributed by atoms with van der Waals surface area (Å²) in [7, 11) is 0. The van der Waals surface area contributed by atoms with Gasteiger partial charge in [-0.3, -0.25) is 9.59 Å². The summed E-state index contributed by atoms with van der Waals surface area (Å²) < 4.78 is 13.1. The third-order valence-corrected chi connectivity index (χ3v) is 5.51. The molecule has 0 aromatic heterocycles. The number of hydrogen-bond donors (Lipinski definition) is 2. The molecule has 2 aromatic carbocycles. The van der Waals surface area contributed by atoms with Crippen molar-refractivity contribution in [2.75, 3.05) is 36.8 Å². The van der Waals surface area contributed by atoms with Gasteiger partial charge in [0, 0.05) is 49.0 Å². The highest BCUT2D eigenvalue weighted by molar-refractivity contribution is 5.95. The van der Waals surface area contributed by atoms with Crippen molar-refractivity contribution in [1.29, 1.82) is 0 Å². The van der Waals surface area contributed by atoms with Crippen molar-refractivity contribution in [3.63, 3.8) is 0 Å². The van der Waals surface area contributed by atoms with Crippen LogP contribution in [0.1, 0.15) is 29.6 Å². The maximum Gasteiger partial charge on any atom is 0.321 e. The lowest BCUT2D eigenvalue weighted by Gasteiger charge is -2.22. The van der Waals surface area contributed by atoms with Crippen molar-refractivity contribution in [1.82, 2.24) is 9.80 Å². The smallest absolute Gasteiger partial charge is 0.321 e. The summed E-state index contributed by atoms with van der Waals surface area (Å²) in [5, 5.41) is 5.73. The molecule has 1 aliphatic carbocycles. The molecule has 1 aliphatic heterocycles. The average molecular weight is 424 g/mol. The molecule has 2 aliphatic rings. The second kappa shape index (κ2) is 9.16. The third kappa shape index (κ3) is 5.39. The van der Waals surface area contributed by atoms with Gasteiger partial charge in [0.05, 0.1) is 0 Å². The van der Waals surface area contributed by atoms with Crippen LogP contribution in [0.4, 0.5) is 20.6 Å². The minimum Gasteiger partial charge on any atom is -0.337 e. The summed E-state index contributed by atoms with van der Waals surface area (Å²) in [5.41, 5.74) is 1.78. The monoisotopic (exact) mass is 424 g/mol. The quantitative estimate of drug-likeness (QED) is 0.788. The van der Waals surface area contributed by atoms with Crippen LogP contribution in [-0.2, 0) is 4.79 Å². The number of nitrogens with zero attached hydrogens (tertiary/aromatic N) is 2. The van der Waals surface area contributed by atoms with Crippen LogP contribution in [0.25, 0.3) is 0 Å². The van der Waals surface area contributed by atoms with E-state index >= 15 is 0 Å². The molecule has 0 spiro atoms. The van der Waals surface area contributed by atoms with E-state index in [9.17, 15) is 18.8 Å². The minimum atomic E-state index is -0.381. The normalized spacial score (nSPS) is 16.4. The molecule has 7 nitrogen and oxygen atoms in total. The zero-order valence-electron chi connectivity index (χ0n) is 17.1. The zero-order valence-corrected chi connectivity index (χ0v) is 17.1. The van der Waals surface area contributed by atoms with E-state index in [2.05, 4.69) is 10.6 Å². The minimum absolute atomic E-state index is 0.0427. The van der Waals surface area contributed by atoms with E-state index in [-0.39, 0.29) is 29.6 Å². The molecule has 2 aromatic rings. The Labute approximate surface area is 180 Å². The van der Waals surface area contributed by atoms with Gasteiger partial charge < -0.3 is 20.4 Å². The first-order chi connectivity index (χ1) is 15.0. The molecule has 31 heavy (non-hydrogen) atoms. The summed E-state index contributed by atoms with van der Waals surface area (Å²) in [5.74, 6) is -0.363. The number of anilines is 2. The highest BCUT2D eigenvalue weighted by Crippen LogP contribution is 2.30. The van der Waals surface area contributed by atoms with Gasteiger partial charge in [-0.2, -0.15) is 0 Å². The van der Waals surface area contributed by atoms with Gasteiger partial charge in [-0.1, -0.05) is 0 Å². The number of benzene rings is 2. The van der Waals surface area contributed by atoms with Crippen molar-refractivity contribution in [2.24, 2.45) is 5.92 Å². The predicted molar refractivity (Wildman–Crippen MR) is 115 cm³/mol. The Morgan fingerprint density at radius 1 is 0.774 bits per heavy atom. The number of amides is 4. The van der Waals surface area contributed by atoms with Crippen molar-refractivity contribution >= 4 is 29.2 Å². The first kappa shape index (κ1) is 20.8. The fourth-order valence-corrected chi connectivity index (χ4v) is 3.53. The predicted octanol–water partition coefficient (Wildman–Crippen LogP) is 3.55. The Hall–Kier alpha value is -3.42. The third-order valence-electron chi connectivity index (χ3n) is 5.51. The number of nitrogens with one attached hydrogen (secondary N) is 2. The summed E-state index contributed by atoms with van der Waals surface area (Å²) in [6.07, 6.45) is 2.55. The molecule has 1 saturated carbocycles. The summed E-state index contributed by atoms with van der Waals surface area (Å²) in [4.78, 5) is 40.5. The van der Waals surface area contributed by atoms with Gasteiger partial charge in [0.1, 0.15) is 5.82 Å². The molecule has 4 amide bonds. The van der Waals surface area contributed by atoms with Crippen molar-refractivity contribution < 1.29 is 18.8 Å². The van der Waals surface area contributed by atoms with E-state index in [1.807, 2.05) is 0 Å². The van der Waals surface area contributed by atoms with Crippen LogP contribution in [-0.4, -0.2) is 53.8 Å². The van der Waals surface area contributed by atoms with Crippen molar-refractivity contribution in [3.05, 3.63) is 59.9 Å². The van der Waals surface area contributed by atoms with Gasteiger partial charge in [0.15, 0.2) is 0 Å². The number of carbonyl (C=O) groups is 3. The van der Waals surface area contributed by atoms with E-state index in [1.54, 1.807) is 34.1 Å². The molecule has 8 heteroatoms. The molecular formula is C23H25FN4O3. The van der Waals surface area contributed by atoms with E-state index in [0.29, 0.717) is 49.5 Å². The number of urea groups is 1. The summed E-state index contributed by atoms with van der Waals surface area (Å²) in [6, 6.07) is 12.3. The maximum atomic E-state index is 13.1. The van der Waals surface area contributed by atoms with Crippen LogP contribution < -0.4 is 10.6 Å². The number of hydrogen-bond acceptors (Lipinski definition) is 3. The van der Waals surface area contributed by atoms with Crippen LogP contribution in [0.3, 0.4) is 0 Å². The SMILES string of the molecule is O=C(Nc1ccc(NC(=O)N2CCCN(C(=O)c3ccc(F)cc3)CC2)cc1)C1CC1. The molecule has 162 valence electrons. The zero-order chi connectivity index (χ0) is 21.8. The van der Waals surface area contributed by atoms with Gasteiger partial charge in [-0.05, 0) is 67.8 Å². The molecule has 1 saturated heterocycles. The first-order valence-electron chi connectivity index (χ1n) is 10.5. The maximum absolute atomic E-state index is 13.1. The fourth-order valence-electron chi connectivity index (χ4n) is 3.53. The summed E-state index contributed by atoms with van der Waals surface area (Å²) in [6.45, 7) is 1.90. The Bertz CT molecular complexity index is 958. The second-order valence-electron chi connectivity index (χ2n) is 7.91. The standard InChI is InChI=1S/C23H25FN4O3/c24-18-6-4-17(5-7-18)22(30)27-12-1-13-28(15-14-27)23(31)26-20-10-8-19(9-11-20)25-21(29)16-2-3-16/h4-11,16H,1-3,12-15H2,(H,25,29)(H,26,31). The molecule has 4 rings (SSSR count). The van der Waals surface area contributed by atoms with Crippen LogP contribution in [0.15, 0.2) is 48.5 Å². The first-order valence-corrected chi connectivity index (χ1v) is 10.5.